The van der Waals surface area contributed by atoms with E-state index >= 15 is 0 Å². The Morgan fingerprint density at radius 1 is 1.33 bits per heavy atom. The van der Waals surface area contributed by atoms with Crippen LogP contribution in [-0.2, 0) is 10.0 Å². The molecule has 0 fully saturated rings. The van der Waals surface area contributed by atoms with Gasteiger partial charge in [-0.1, -0.05) is 22.6 Å². The fourth-order valence-corrected chi connectivity index (χ4v) is 2.69. The first-order valence-electron chi connectivity index (χ1n) is 3.98. The maximum Gasteiger partial charge on any atom is 0.243 e. The molecule has 0 aliphatic rings. The van der Waals surface area contributed by atoms with Gasteiger partial charge in [-0.2, -0.15) is 0 Å². The van der Waals surface area contributed by atoms with Crippen LogP contribution in [0.5, 0.6) is 0 Å². The minimum Gasteiger partial charge on any atom is -0.210 e. The van der Waals surface area contributed by atoms with Crippen molar-refractivity contribution < 1.29 is 17.2 Å². The molecule has 0 radical (unpaired) electrons. The smallest absolute Gasteiger partial charge is 0.210 e. The summed E-state index contributed by atoms with van der Waals surface area (Å²) in [7, 11) is -3.95. The molecule has 0 unspecified atom stereocenters. The van der Waals surface area contributed by atoms with Crippen LogP contribution in [0.1, 0.15) is 0 Å². The molecule has 1 rings (SSSR count). The standard InChI is InChI=1S/C8H8F2INO2S/c9-6-1-2-7(10)8(5-6)15(13,14)12-4-3-11/h1-2,5,12H,3-4H2. The Hall–Kier alpha value is -0.280. The predicted molar refractivity (Wildman–Crippen MR) is 60.4 cm³/mol. The minimum absolute atomic E-state index is 0.179. The van der Waals surface area contributed by atoms with Gasteiger partial charge in [0, 0.05) is 11.0 Å². The molecule has 0 amide bonds. The van der Waals surface area contributed by atoms with Crippen molar-refractivity contribution in [1.82, 2.24) is 4.72 Å². The quantitative estimate of drug-likeness (QED) is 0.666. The normalized spacial score (nSPS) is 11.7. The van der Waals surface area contributed by atoms with Crippen LogP contribution < -0.4 is 4.72 Å². The topological polar surface area (TPSA) is 46.2 Å². The summed E-state index contributed by atoms with van der Waals surface area (Å²) < 4.78 is 51.4. The van der Waals surface area contributed by atoms with E-state index in [9.17, 15) is 17.2 Å². The van der Waals surface area contributed by atoms with Gasteiger partial charge >= 0.3 is 0 Å². The Kier molecular flexibility index (Phi) is 4.41. The molecule has 0 aliphatic carbocycles. The van der Waals surface area contributed by atoms with E-state index in [2.05, 4.69) is 4.72 Å². The number of halogens is 3. The van der Waals surface area contributed by atoms with E-state index in [1.165, 1.54) is 0 Å². The predicted octanol–water partition coefficient (Wildman–Crippen LogP) is 1.68. The van der Waals surface area contributed by atoms with Crippen LogP contribution in [0.4, 0.5) is 8.78 Å². The third-order valence-electron chi connectivity index (χ3n) is 1.57. The summed E-state index contributed by atoms with van der Waals surface area (Å²) in [6.07, 6.45) is 0. The lowest BCUT2D eigenvalue weighted by Crippen LogP contribution is -2.26. The molecule has 7 heteroatoms. The third-order valence-corrected chi connectivity index (χ3v) is 3.58. The number of nitrogens with one attached hydrogen (secondary N) is 1. The van der Waals surface area contributed by atoms with Gasteiger partial charge in [0.2, 0.25) is 10.0 Å². The first kappa shape index (κ1) is 12.8. The van der Waals surface area contributed by atoms with Crippen LogP contribution in [0, 0.1) is 11.6 Å². The molecule has 0 bridgehead atoms. The summed E-state index contributed by atoms with van der Waals surface area (Å²) in [6, 6.07) is 2.31. The lowest BCUT2D eigenvalue weighted by Gasteiger charge is -2.05. The van der Waals surface area contributed by atoms with Crippen LogP contribution in [0.15, 0.2) is 23.1 Å². The largest absolute Gasteiger partial charge is 0.243 e. The summed E-state index contributed by atoms with van der Waals surface area (Å²) in [5, 5.41) is 0. The van der Waals surface area contributed by atoms with E-state index in [4.69, 9.17) is 0 Å². The molecule has 84 valence electrons. The zero-order chi connectivity index (χ0) is 11.5. The van der Waals surface area contributed by atoms with E-state index in [1.54, 1.807) is 0 Å². The maximum atomic E-state index is 13.1. The number of sulfonamides is 1. The van der Waals surface area contributed by atoms with Crippen molar-refractivity contribution in [3.8, 4) is 0 Å². The van der Waals surface area contributed by atoms with Crippen LogP contribution in [0.25, 0.3) is 0 Å². The highest BCUT2D eigenvalue weighted by Gasteiger charge is 2.18. The molecule has 15 heavy (non-hydrogen) atoms. The molecule has 1 N–H and O–H groups in total. The molecule has 0 saturated heterocycles. The average Bonchev–Trinajstić information content (AvgIpc) is 2.18. The molecular formula is C8H8F2INO2S. The van der Waals surface area contributed by atoms with Crippen molar-refractivity contribution in [1.29, 1.82) is 0 Å². The second-order valence-electron chi connectivity index (χ2n) is 2.66. The molecule has 0 heterocycles. The highest BCUT2D eigenvalue weighted by molar-refractivity contribution is 14.1. The Labute approximate surface area is 100 Å². The van der Waals surface area contributed by atoms with Crippen molar-refractivity contribution in [3.63, 3.8) is 0 Å². The van der Waals surface area contributed by atoms with E-state index in [0.717, 1.165) is 12.1 Å². The van der Waals surface area contributed by atoms with Gasteiger partial charge in [0.05, 0.1) is 0 Å². The van der Waals surface area contributed by atoms with Gasteiger partial charge < -0.3 is 0 Å². The molecule has 0 spiro atoms. The number of rotatable bonds is 4. The Bertz CT molecular complexity index is 450. The lowest BCUT2D eigenvalue weighted by atomic mass is 10.3. The molecule has 3 nitrogen and oxygen atoms in total. The fourth-order valence-electron chi connectivity index (χ4n) is 0.934. The first-order valence-corrected chi connectivity index (χ1v) is 6.99. The van der Waals surface area contributed by atoms with Gasteiger partial charge in [0.1, 0.15) is 16.5 Å². The van der Waals surface area contributed by atoms with Crippen molar-refractivity contribution in [3.05, 3.63) is 29.8 Å². The summed E-state index contributed by atoms with van der Waals surface area (Å²) in [5.41, 5.74) is 0. The first-order chi connectivity index (χ1) is 6.97. The Morgan fingerprint density at radius 3 is 2.60 bits per heavy atom. The van der Waals surface area contributed by atoms with Gasteiger partial charge in [-0.25, -0.2) is 21.9 Å². The second kappa shape index (κ2) is 5.17. The zero-order valence-corrected chi connectivity index (χ0v) is 10.5. The molecule has 0 atom stereocenters. The van der Waals surface area contributed by atoms with Gasteiger partial charge in [-0.05, 0) is 18.2 Å². The fraction of sp³-hybridized carbons (Fsp3) is 0.250. The summed E-state index contributed by atoms with van der Waals surface area (Å²) in [6.45, 7) is 0.179. The molecule has 0 saturated carbocycles. The third kappa shape index (κ3) is 3.35. The van der Waals surface area contributed by atoms with Crippen molar-refractivity contribution >= 4 is 32.6 Å². The highest BCUT2D eigenvalue weighted by Crippen LogP contribution is 2.15. The summed E-state index contributed by atoms with van der Waals surface area (Å²) in [4.78, 5) is -0.660. The molecule has 0 aromatic heterocycles. The SMILES string of the molecule is O=S(=O)(NCCI)c1cc(F)ccc1F. The molecule has 1 aromatic carbocycles. The number of alkyl halides is 1. The second-order valence-corrected chi connectivity index (χ2v) is 5.48. The van der Waals surface area contributed by atoms with Crippen LogP contribution in [0.3, 0.4) is 0 Å². The molecule has 1 aromatic rings. The Balaban J connectivity index is 3.09. The van der Waals surface area contributed by atoms with Crippen LogP contribution >= 0.6 is 22.6 Å². The van der Waals surface area contributed by atoms with E-state index in [1.807, 2.05) is 22.6 Å². The van der Waals surface area contributed by atoms with E-state index < -0.39 is 26.6 Å². The number of benzene rings is 1. The van der Waals surface area contributed by atoms with Crippen molar-refractivity contribution in [2.75, 3.05) is 11.0 Å². The minimum atomic E-state index is -3.95. The lowest BCUT2D eigenvalue weighted by molar-refractivity contribution is 0.547. The van der Waals surface area contributed by atoms with Gasteiger partial charge in [-0.3, -0.25) is 0 Å². The Morgan fingerprint density at radius 2 is 2.00 bits per heavy atom. The monoisotopic (exact) mass is 347 g/mol. The highest BCUT2D eigenvalue weighted by atomic mass is 127. The number of hydrogen-bond acceptors (Lipinski definition) is 2. The summed E-state index contributed by atoms with van der Waals surface area (Å²) in [5.74, 6) is -1.75. The van der Waals surface area contributed by atoms with Crippen molar-refractivity contribution in [2.45, 2.75) is 4.90 Å². The molecule has 0 aliphatic heterocycles. The maximum absolute atomic E-state index is 13.1. The average molecular weight is 347 g/mol. The zero-order valence-electron chi connectivity index (χ0n) is 7.50. The van der Waals surface area contributed by atoms with E-state index in [0.29, 0.717) is 10.5 Å². The van der Waals surface area contributed by atoms with E-state index in [-0.39, 0.29) is 6.54 Å². The summed E-state index contributed by atoms with van der Waals surface area (Å²) >= 11 is 1.97. The number of hydrogen-bond donors (Lipinski definition) is 1. The van der Waals surface area contributed by atoms with Crippen molar-refractivity contribution in [2.24, 2.45) is 0 Å². The van der Waals surface area contributed by atoms with Gasteiger partial charge in [-0.15, -0.1) is 0 Å². The molecular weight excluding hydrogens is 339 g/mol. The van der Waals surface area contributed by atoms with Gasteiger partial charge in [0.15, 0.2) is 0 Å². The van der Waals surface area contributed by atoms with Gasteiger partial charge in [0.25, 0.3) is 0 Å². The van der Waals surface area contributed by atoms with Crippen LogP contribution in [0.2, 0.25) is 0 Å². The van der Waals surface area contributed by atoms with Crippen LogP contribution in [-0.4, -0.2) is 19.4 Å².